The summed E-state index contributed by atoms with van der Waals surface area (Å²) >= 11 is 0. The Balaban J connectivity index is 0.00000186. The van der Waals surface area contributed by atoms with Crippen molar-refractivity contribution in [2.45, 2.75) is 91.4 Å². The predicted molar refractivity (Wildman–Crippen MR) is 159 cm³/mol. The lowest BCUT2D eigenvalue weighted by molar-refractivity contribution is -0.401. The Kier molecular flexibility index (Phi) is 9.34. The molecule has 37 heavy (non-hydrogen) atoms. The highest BCUT2D eigenvalue weighted by molar-refractivity contribution is 6.03. The van der Waals surface area contributed by atoms with Gasteiger partial charge in [-0.15, -0.1) is 0 Å². The number of rotatable bonds is 9. The van der Waals surface area contributed by atoms with Crippen molar-refractivity contribution in [3.63, 3.8) is 0 Å². The molecule has 2 aromatic carbocycles. The highest BCUT2D eigenvalue weighted by Crippen LogP contribution is 2.47. The second-order valence-corrected chi connectivity index (χ2v) is 11.2. The monoisotopic (exact) mass is 499 g/mol. The van der Waals surface area contributed by atoms with E-state index in [1.807, 2.05) is 13.8 Å². The molecule has 0 atom stereocenters. The van der Waals surface area contributed by atoms with E-state index < -0.39 is 0 Å². The Morgan fingerprint density at radius 3 is 2.16 bits per heavy atom. The number of ketones is 1. The van der Waals surface area contributed by atoms with Gasteiger partial charge in [0.25, 0.3) is 0 Å². The van der Waals surface area contributed by atoms with E-state index in [1.165, 1.54) is 33.9 Å². The fraction of sp³-hybridized carbons (Fsp3) is 0.471. The van der Waals surface area contributed by atoms with E-state index in [9.17, 15) is 4.79 Å². The fourth-order valence-electron chi connectivity index (χ4n) is 5.91. The second kappa shape index (κ2) is 12.1. The first-order valence-electron chi connectivity index (χ1n) is 14.1. The number of carbonyl (C=O) groups excluding carboxylic acids is 1. The summed E-state index contributed by atoms with van der Waals surface area (Å²) in [5, 5.41) is 0. The minimum absolute atomic E-state index is 0.0198. The van der Waals surface area contributed by atoms with Gasteiger partial charge in [0, 0.05) is 47.5 Å². The lowest BCUT2D eigenvalue weighted by atomic mass is 9.81. The molecule has 3 heteroatoms. The third-order valence-electron chi connectivity index (χ3n) is 7.91. The van der Waals surface area contributed by atoms with Gasteiger partial charge in [-0.3, -0.25) is 0 Å². The van der Waals surface area contributed by atoms with Crippen LogP contribution in [0.4, 0.5) is 11.4 Å². The zero-order valence-electron chi connectivity index (χ0n) is 24.4. The van der Waals surface area contributed by atoms with Crippen molar-refractivity contribution in [2.75, 3.05) is 18.5 Å². The zero-order chi connectivity index (χ0) is 27.2. The molecule has 198 valence electrons. The van der Waals surface area contributed by atoms with Gasteiger partial charge in [-0.1, -0.05) is 83.0 Å². The van der Waals surface area contributed by atoms with Crippen LogP contribution in [0.3, 0.4) is 0 Å². The SMILES string of the molecule is CC.CC(=O)CCCCCCN1/C(=C/C=C/C2=[N+](C)c3ccccc3C2(C)C)C(C)(C)c2ccccc21. The Hall–Kier alpha value is -2.94. The topological polar surface area (TPSA) is 23.3 Å². The first-order chi connectivity index (χ1) is 17.7. The predicted octanol–water partition coefficient (Wildman–Crippen LogP) is 8.50. The van der Waals surface area contributed by atoms with E-state index in [0.29, 0.717) is 12.2 Å². The molecule has 2 aliphatic heterocycles. The Morgan fingerprint density at radius 2 is 1.49 bits per heavy atom. The van der Waals surface area contributed by atoms with Crippen LogP contribution in [0.15, 0.2) is 72.5 Å². The first-order valence-corrected chi connectivity index (χ1v) is 14.1. The number of anilines is 1. The Morgan fingerprint density at radius 1 is 0.865 bits per heavy atom. The molecule has 0 fully saturated rings. The molecular formula is C34H47N2O+. The molecule has 0 aromatic heterocycles. The molecule has 0 radical (unpaired) electrons. The lowest BCUT2D eigenvalue weighted by Crippen LogP contribution is -2.27. The number of hydrogen-bond donors (Lipinski definition) is 0. The molecule has 0 amide bonds. The van der Waals surface area contributed by atoms with Gasteiger partial charge in [0.05, 0.1) is 5.41 Å². The summed E-state index contributed by atoms with van der Waals surface area (Å²) in [6.07, 6.45) is 12.0. The highest BCUT2D eigenvalue weighted by Gasteiger charge is 2.43. The molecule has 0 saturated heterocycles. The number of allylic oxidation sites excluding steroid dienone is 4. The van der Waals surface area contributed by atoms with Crippen molar-refractivity contribution in [1.82, 2.24) is 0 Å². The number of fused-ring (bicyclic) bond motifs is 2. The standard InChI is InChI=1S/C32H41N2O.C2H6/c1-24(35)16-9-7-8-14-23-34-28-20-13-11-18-26(28)32(4,5)30(34)22-15-21-29-31(2,3)25-17-10-12-19-27(25)33(29)6;1-2/h10-13,15,17-22H,7-9,14,16,23H2,1-6H3;1-2H3/q+1;. The van der Waals surface area contributed by atoms with Gasteiger partial charge in [-0.05, 0) is 51.3 Å². The van der Waals surface area contributed by atoms with Crippen LogP contribution in [-0.4, -0.2) is 29.7 Å². The van der Waals surface area contributed by atoms with Crippen LogP contribution >= 0.6 is 0 Å². The molecule has 3 nitrogen and oxygen atoms in total. The number of unbranched alkanes of at least 4 members (excludes halogenated alkanes) is 3. The van der Waals surface area contributed by atoms with E-state index in [-0.39, 0.29) is 10.8 Å². The van der Waals surface area contributed by atoms with Crippen molar-refractivity contribution in [3.8, 4) is 0 Å². The maximum atomic E-state index is 11.2. The van der Waals surface area contributed by atoms with Crippen molar-refractivity contribution >= 4 is 22.9 Å². The van der Waals surface area contributed by atoms with Crippen molar-refractivity contribution < 1.29 is 9.37 Å². The molecule has 4 rings (SSSR count). The van der Waals surface area contributed by atoms with Gasteiger partial charge in [0.2, 0.25) is 5.69 Å². The van der Waals surface area contributed by atoms with Crippen LogP contribution in [-0.2, 0) is 15.6 Å². The average molecular weight is 500 g/mol. The zero-order valence-corrected chi connectivity index (χ0v) is 24.4. The molecule has 0 aliphatic carbocycles. The molecule has 2 aliphatic rings. The van der Waals surface area contributed by atoms with Crippen molar-refractivity contribution in [3.05, 3.63) is 83.6 Å². The Bertz CT molecular complexity index is 1200. The number of nitrogens with zero attached hydrogens (tertiary/aromatic N) is 2. The minimum Gasteiger partial charge on any atom is -0.344 e. The molecule has 0 N–H and O–H groups in total. The minimum atomic E-state index is -0.0414. The fourth-order valence-corrected chi connectivity index (χ4v) is 5.91. The molecule has 2 heterocycles. The number of carbonyl (C=O) groups is 1. The van der Waals surface area contributed by atoms with Crippen LogP contribution in [0.1, 0.15) is 91.7 Å². The third kappa shape index (κ3) is 5.81. The highest BCUT2D eigenvalue weighted by atomic mass is 16.1. The van der Waals surface area contributed by atoms with Crippen LogP contribution in [0, 0.1) is 0 Å². The van der Waals surface area contributed by atoms with Crippen LogP contribution in [0.25, 0.3) is 0 Å². The van der Waals surface area contributed by atoms with Crippen LogP contribution < -0.4 is 4.90 Å². The summed E-state index contributed by atoms with van der Waals surface area (Å²) in [6.45, 7) is 16.0. The van der Waals surface area contributed by atoms with Crippen molar-refractivity contribution in [2.24, 2.45) is 0 Å². The van der Waals surface area contributed by atoms with E-state index in [2.05, 4.69) is 111 Å². The summed E-state index contributed by atoms with van der Waals surface area (Å²) in [5.74, 6) is 0.300. The van der Waals surface area contributed by atoms with E-state index in [1.54, 1.807) is 6.92 Å². The maximum absolute atomic E-state index is 11.2. The van der Waals surface area contributed by atoms with E-state index in [0.717, 1.165) is 32.2 Å². The third-order valence-corrected chi connectivity index (χ3v) is 7.91. The lowest BCUT2D eigenvalue weighted by Gasteiger charge is -2.27. The normalized spacial score (nSPS) is 18.2. The van der Waals surface area contributed by atoms with Gasteiger partial charge in [0.15, 0.2) is 5.71 Å². The Labute approximate surface area is 225 Å². The van der Waals surface area contributed by atoms with Crippen LogP contribution in [0.5, 0.6) is 0 Å². The summed E-state index contributed by atoms with van der Waals surface area (Å²) < 4.78 is 2.33. The second-order valence-electron chi connectivity index (χ2n) is 11.2. The van der Waals surface area contributed by atoms with Crippen molar-refractivity contribution in [1.29, 1.82) is 0 Å². The molecule has 0 bridgehead atoms. The molecule has 0 saturated carbocycles. The summed E-state index contributed by atoms with van der Waals surface area (Å²) in [6, 6.07) is 17.6. The average Bonchev–Trinajstić information content (AvgIpc) is 3.21. The van der Waals surface area contributed by atoms with Crippen LogP contribution in [0.2, 0.25) is 0 Å². The number of Topliss-reactive ketones (excluding diaryl/α,β-unsaturated/α-hetero) is 1. The summed E-state index contributed by atoms with van der Waals surface area (Å²) in [7, 11) is 2.17. The van der Waals surface area contributed by atoms with E-state index in [4.69, 9.17) is 0 Å². The maximum Gasteiger partial charge on any atom is 0.209 e. The first kappa shape index (κ1) is 28.6. The van der Waals surface area contributed by atoms with E-state index >= 15 is 0 Å². The number of hydrogen-bond acceptors (Lipinski definition) is 2. The van der Waals surface area contributed by atoms with Gasteiger partial charge < -0.3 is 9.69 Å². The molecule has 0 unspecified atom stereocenters. The summed E-state index contributed by atoms with van der Waals surface area (Å²) in [4.78, 5) is 13.8. The van der Waals surface area contributed by atoms with Gasteiger partial charge in [0.1, 0.15) is 12.8 Å². The molecule has 0 spiro atoms. The van der Waals surface area contributed by atoms with Gasteiger partial charge in [-0.25, -0.2) is 0 Å². The van der Waals surface area contributed by atoms with Gasteiger partial charge >= 0.3 is 0 Å². The smallest absolute Gasteiger partial charge is 0.209 e. The number of benzene rings is 2. The largest absolute Gasteiger partial charge is 0.344 e. The van der Waals surface area contributed by atoms with Gasteiger partial charge in [-0.2, -0.15) is 4.58 Å². The summed E-state index contributed by atoms with van der Waals surface area (Å²) in [5.41, 5.74) is 8.03. The molecule has 2 aromatic rings. The number of para-hydroxylation sites is 2. The molecular weight excluding hydrogens is 452 g/mol. The quantitative estimate of drug-likeness (QED) is 0.255.